The number of hydrogen-bond acceptors (Lipinski definition) is 3. The number of hydrogen-bond donors (Lipinski definition) is 1. The molecular formula is C15H11ClN2O2. The summed E-state index contributed by atoms with van der Waals surface area (Å²) in [7, 11) is 1.57. The van der Waals surface area contributed by atoms with Crippen LogP contribution in [-0.4, -0.2) is 22.9 Å². The molecule has 0 aliphatic heterocycles. The van der Waals surface area contributed by atoms with E-state index in [1.54, 1.807) is 49.8 Å². The molecule has 0 radical (unpaired) electrons. The van der Waals surface area contributed by atoms with E-state index in [-0.39, 0.29) is 5.78 Å². The topological polar surface area (TPSA) is 55.0 Å². The minimum Gasteiger partial charge on any atom is -0.497 e. The Labute approximate surface area is 120 Å². The number of ether oxygens (including phenoxy) is 1. The molecule has 0 aliphatic carbocycles. The van der Waals surface area contributed by atoms with Crippen LogP contribution in [0.3, 0.4) is 0 Å². The van der Waals surface area contributed by atoms with Crippen LogP contribution in [0.5, 0.6) is 5.75 Å². The van der Waals surface area contributed by atoms with E-state index < -0.39 is 0 Å². The van der Waals surface area contributed by atoms with Gasteiger partial charge in [0.05, 0.1) is 17.7 Å². The molecule has 1 aromatic carbocycles. The summed E-state index contributed by atoms with van der Waals surface area (Å²) in [5.41, 5.74) is 1.65. The lowest BCUT2D eigenvalue weighted by molar-refractivity contribution is 0.104. The molecule has 4 nitrogen and oxygen atoms in total. The SMILES string of the molecule is COc1cccc(C(=O)c2c[nH]c3nccc(Cl)c23)c1. The summed E-state index contributed by atoms with van der Waals surface area (Å²) in [6, 6.07) is 8.68. The summed E-state index contributed by atoms with van der Waals surface area (Å²) in [6.07, 6.45) is 3.23. The molecule has 2 heterocycles. The van der Waals surface area contributed by atoms with E-state index in [1.807, 2.05) is 0 Å². The number of carbonyl (C=O) groups excluding carboxylic acids is 1. The number of nitrogens with zero attached hydrogens (tertiary/aromatic N) is 1. The van der Waals surface area contributed by atoms with Crippen LogP contribution in [0, 0.1) is 0 Å². The fourth-order valence-electron chi connectivity index (χ4n) is 2.12. The van der Waals surface area contributed by atoms with E-state index in [2.05, 4.69) is 9.97 Å². The monoisotopic (exact) mass is 286 g/mol. The highest BCUT2D eigenvalue weighted by Gasteiger charge is 2.17. The molecule has 1 N–H and O–H groups in total. The van der Waals surface area contributed by atoms with Gasteiger partial charge < -0.3 is 9.72 Å². The first-order valence-electron chi connectivity index (χ1n) is 6.01. The van der Waals surface area contributed by atoms with Crippen molar-refractivity contribution >= 4 is 28.4 Å². The zero-order valence-electron chi connectivity index (χ0n) is 10.7. The van der Waals surface area contributed by atoms with E-state index in [9.17, 15) is 4.79 Å². The second kappa shape index (κ2) is 4.98. The van der Waals surface area contributed by atoms with Crippen LogP contribution in [0.25, 0.3) is 11.0 Å². The largest absolute Gasteiger partial charge is 0.497 e. The van der Waals surface area contributed by atoms with E-state index in [0.29, 0.717) is 32.9 Å². The third-order valence-corrected chi connectivity index (χ3v) is 3.41. The fraction of sp³-hybridized carbons (Fsp3) is 0.0667. The Kier molecular flexibility index (Phi) is 3.16. The van der Waals surface area contributed by atoms with Crippen LogP contribution in [0.15, 0.2) is 42.7 Å². The Bertz CT molecular complexity index is 795. The molecule has 0 amide bonds. The van der Waals surface area contributed by atoms with Gasteiger partial charge in [0.15, 0.2) is 5.78 Å². The Balaban J connectivity index is 2.13. The van der Waals surface area contributed by atoms with Gasteiger partial charge >= 0.3 is 0 Å². The van der Waals surface area contributed by atoms with Gasteiger partial charge in [0, 0.05) is 23.3 Å². The van der Waals surface area contributed by atoms with Gasteiger partial charge in [-0.2, -0.15) is 0 Å². The smallest absolute Gasteiger partial charge is 0.195 e. The van der Waals surface area contributed by atoms with Crippen molar-refractivity contribution in [1.29, 1.82) is 0 Å². The second-order valence-electron chi connectivity index (χ2n) is 4.28. The average molecular weight is 287 g/mol. The van der Waals surface area contributed by atoms with Gasteiger partial charge in [0.2, 0.25) is 0 Å². The van der Waals surface area contributed by atoms with Crippen molar-refractivity contribution in [2.24, 2.45) is 0 Å². The number of rotatable bonds is 3. The minimum atomic E-state index is -0.120. The number of aromatic amines is 1. The maximum atomic E-state index is 12.6. The lowest BCUT2D eigenvalue weighted by atomic mass is 10.0. The summed E-state index contributed by atoms with van der Waals surface area (Å²) >= 11 is 6.16. The molecule has 3 rings (SSSR count). The van der Waals surface area contributed by atoms with E-state index in [1.165, 1.54) is 0 Å². The first-order chi connectivity index (χ1) is 9.70. The molecular weight excluding hydrogens is 276 g/mol. The van der Waals surface area contributed by atoms with Crippen molar-refractivity contribution in [3.63, 3.8) is 0 Å². The molecule has 100 valence electrons. The quantitative estimate of drug-likeness (QED) is 0.750. The summed E-state index contributed by atoms with van der Waals surface area (Å²) in [5.74, 6) is 0.518. The fourth-order valence-corrected chi connectivity index (χ4v) is 2.36. The van der Waals surface area contributed by atoms with Crippen molar-refractivity contribution in [2.75, 3.05) is 7.11 Å². The highest BCUT2D eigenvalue weighted by atomic mass is 35.5. The normalized spacial score (nSPS) is 10.7. The van der Waals surface area contributed by atoms with E-state index in [4.69, 9.17) is 16.3 Å². The molecule has 0 atom stereocenters. The molecule has 0 aliphatic rings. The summed E-state index contributed by atoms with van der Waals surface area (Å²) in [6.45, 7) is 0. The van der Waals surface area contributed by atoms with Crippen molar-refractivity contribution in [2.45, 2.75) is 0 Å². The average Bonchev–Trinajstić information content (AvgIpc) is 2.92. The van der Waals surface area contributed by atoms with Crippen LogP contribution in [0.1, 0.15) is 15.9 Å². The minimum absolute atomic E-state index is 0.120. The molecule has 3 aromatic rings. The molecule has 0 spiro atoms. The number of benzene rings is 1. The summed E-state index contributed by atoms with van der Waals surface area (Å²) < 4.78 is 5.14. The van der Waals surface area contributed by atoms with Gasteiger partial charge in [0.1, 0.15) is 11.4 Å². The van der Waals surface area contributed by atoms with Crippen LogP contribution >= 0.6 is 11.6 Å². The van der Waals surface area contributed by atoms with Crippen LogP contribution < -0.4 is 4.74 Å². The van der Waals surface area contributed by atoms with Crippen molar-refractivity contribution in [3.8, 4) is 5.75 Å². The zero-order valence-corrected chi connectivity index (χ0v) is 11.4. The number of ketones is 1. The highest BCUT2D eigenvalue weighted by molar-refractivity contribution is 6.37. The highest BCUT2D eigenvalue weighted by Crippen LogP contribution is 2.27. The number of H-pyrrole nitrogens is 1. The number of aromatic nitrogens is 2. The van der Waals surface area contributed by atoms with Crippen LogP contribution in [0.4, 0.5) is 0 Å². The lowest BCUT2D eigenvalue weighted by Gasteiger charge is -2.03. The molecule has 20 heavy (non-hydrogen) atoms. The first-order valence-corrected chi connectivity index (χ1v) is 6.39. The Hall–Kier alpha value is -2.33. The van der Waals surface area contributed by atoms with Gasteiger partial charge in [-0.1, -0.05) is 23.7 Å². The Morgan fingerprint density at radius 2 is 2.20 bits per heavy atom. The number of halogens is 1. The standard InChI is InChI=1S/C15H11ClN2O2/c1-20-10-4-2-3-9(7-10)14(19)11-8-18-15-13(11)12(16)5-6-17-15/h2-8H,1H3,(H,17,18). The maximum Gasteiger partial charge on any atom is 0.195 e. The molecule has 0 saturated carbocycles. The van der Waals surface area contributed by atoms with Gasteiger partial charge in [0.25, 0.3) is 0 Å². The van der Waals surface area contributed by atoms with Gasteiger partial charge in [-0.05, 0) is 18.2 Å². The third-order valence-electron chi connectivity index (χ3n) is 3.10. The third kappa shape index (κ3) is 2.04. The van der Waals surface area contributed by atoms with Gasteiger partial charge in [-0.15, -0.1) is 0 Å². The predicted octanol–water partition coefficient (Wildman–Crippen LogP) is 3.46. The molecule has 0 fully saturated rings. The van der Waals surface area contributed by atoms with Crippen LogP contribution in [0.2, 0.25) is 5.02 Å². The number of pyridine rings is 1. The molecule has 0 unspecified atom stereocenters. The summed E-state index contributed by atoms with van der Waals surface area (Å²) in [5, 5.41) is 1.14. The second-order valence-corrected chi connectivity index (χ2v) is 4.69. The molecule has 5 heteroatoms. The van der Waals surface area contributed by atoms with Crippen LogP contribution in [-0.2, 0) is 0 Å². The number of methoxy groups -OCH3 is 1. The summed E-state index contributed by atoms with van der Waals surface area (Å²) in [4.78, 5) is 19.7. The maximum absolute atomic E-state index is 12.6. The number of fused-ring (bicyclic) bond motifs is 1. The Morgan fingerprint density at radius 3 is 3.00 bits per heavy atom. The van der Waals surface area contributed by atoms with Crippen molar-refractivity contribution in [1.82, 2.24) is 9.97 Å². The van der Waals surface area contributed by atoms with Crippen molar-refractivity contribution < 1.29 is 9.53 Å². The first kappa shape index (κ1) is 12.7. The predicted molar refractivity (Wildman–Crippen MR) is 77.5 cm³/mol. The number of carbonyl (C=O) groups is 1. The lowest BCUT2D eigenvalue weighted by Crippen LogP contribution is -2.01. The van der Waals surface area contributed by atoms with Crippen molar-refractivity contribution in [3.05, 3.63) is 58.9 Å². The Morgan fingerprint density at radius 1 is 1.35 bits per heavy atom. The number of nitrogens with one attached hydrogen (secondary N) is 1. The van der Waals surface area contributed by atoms with E-state index >= 15 is 0 Å². The van der Waals surface area contributed by atoms with E-state index in [0.717, 1.165) is 0 Å². The molecule has 0 saturated heterocycles. The van der Waals surface area contributed by atoms with Gasteiger partial charge in [-0.3, -0.25) is 4.79 Å². The molecule has 2 aromatic heterocycles. The molecule has 0 bridgehead atoms. The van der Waals surface area contributed by atoms with Gasteiger partial charge in [-0.25, -0.2) is 4.98 Å². The zero-order chi connectivity index (χ0) is 14.1.